The molecule has 1 unspecified atom stereocenters. The predicted molar refractivity (Wildman–Crippen MR) is 79.6 cm³/mol. The standard InChI is InChI=1S/C17H19NO2/c1-3-9-19-16-7-4-6-15(11-16)13-18-12-14(2)17-8-5-10-20-17/h1,4-8,10-11,14,18H,9,12-13H2,2H3. The van der Waals surface area contributed by atoms with Gasteiger partial charge in [0.05, 0.1) is 6.26 Å². The Morgan fingerprint density at radius 1 is 1.35 bits per heavy atom. The van der Waals surface area contributed by atoms with Gasteiger partial charge in [-0.2, -0.15) is 0 Å². The molecule has 0 fully saturated rings. The van der Waals surface area contributed by atoms with Gasteiger partial charge in [-0.15, -0.1) is 6.42 Å². The SMILES string of the molecule is C#CCOc1cccc(CNCC(C)c2ccco2)c1. The maximum atomic E-state index is 5.40. The first kappa shape index (κ1) is 14.2. The largest absolute Gasteiger partial charge is 0.481 e. The molecule has 0 aliphatic heterocycles. The van der Waals surface area contributed by atoms with Crippen molar-refractivity contribution in [2.45, 2.75) is 19.4 Å². The van der Waals surface area contributed by atoms with Crippen LogP contribution < -0.4 is 10.1 Å². The molecule has 0 aliphatic rings. The van der Waals surface area contributed by atoms with Crippen molar-refractivity contribution in [1.29, 1.82) is 0 Å². The summed E-state index contributed by atoms with van der Waals surface area (Å²) in [6.07, 6.45) is 6.88. The summed E-state index contributed by atoms with van der Waals surface area (Å²) in [5.74, 6) is 4.62. The van der Waals surface area contributed by atoms with Crippen LogP contribution in [-0.4, -0.2) is 13.2 Å². The first-order valence-corrected chi connectivity index (χ1v) is 6.69. The van der Waals surface area contributed by atoms with E-state index in [4.69, 9.17) is 15.6 Å². The van der Waals surface area contributed by atoms with Crippen LogP contribution in [0.25, 0.3) is 0 Å². The smallest absolute Gasteiger partial charge is 0.148 e. The molecule has 104 valence electrons. The lowest BCUT2D eigenvalue weighted by molar-refractivity contribution is 0.370. The summed E-state index contributed by atoms with van der Waals surface area (Å²) in [6, 6.07) is 11.9. The van der Waals surface area contributed by atoms with Crippen LogP contribution in [0.5, 0.6) is 5.75 Å². The number of nitrogens with one attached hydrogen (secondary N) is 1. The molecule has 0 aliphatic carbocycles. The lowest BCUT2D eigenvalue weighted by Crippen LogP contribution is -2.19. The summed E-state index contributed by atoms with van der Waals surface area (Å²) < 4.78 is 10.8. The lowest BCUT2D eigenvalue weighted by Gasteiger charge is -2.11. The molecule has 1 atom stereocenters. The fraction of sp³-hybridized carbons (Fsp3) is 0.294. The molecule has 3 heteroatoms. The van der Waals surface area contributed by atoms with Crippen LogP contribution in [0.2, 0.25) is 0 Å². The minimum atomic E-state index is 0.298. The molecule has 0 spiro atoms. The van der Waals surface area contributed by atoms with Crippen LogP contribution >= 0.6 is 0 Å². The molecule has 2 aromatic rings. The van der Waals surface area contributed by atoms with Crippen molar-refractivity contribution in [3.8, 4) is 18.1 Å². The highest BCUT2D eigenvalue weighted by Crippen LogP contribution is 2.15. The maximum Gasteiger partial charge on any atom is 0.148 e. The molecule has 0 saturated heterocycles. The zero-order valence-electron chi connectivity index (χ0n) is 11.6. The van der Waals surface area contributed by atoms with E-state index in [0.29, 0.717) is 12.5 Å². The van der Waals surface area contributed by atoms with Crippen molar-refractivity contribution in [3.63, 3.8) is 0 Å². The summed E-state index contributed by atoms with van der Waals surface area (Å²) in [5.41, 5.74) is 1.17. The highest BCUT2D eigenvalue weighted by molar-refractivity contribution is 5.28. The molecular weight excluding hydrogens is 250 g/mol. The number of hydrogen-bond acceptors (Lipinski definition) is 3. The van der Waals surface area contributed by atoms with E-state index in [0.717, 1.165) is 24.6 Å². The third-order valence-corrected chi connectivity index (χ3v) is 3.03. The van der Waals surface area contributed by atoms with E-state index in [1.54, 1.807) is 6.26 Å². The molecule has 20 heavy (non-hydrogen) atoms. The number of ether oxygens (including phenoxy) is 1. The second kappa shape index (κ2) is 7.42. The summed E-state index contributed by atoms with van der Waals surface area (Å²) in [6.45, 7) is 4.09. The molecular formula is C17H19NO2. The van der Waals surface area contributed by atoms with Gasteiger partial charge in [-0.3, -0.25) is 0 Å². The summed E-state index contributed by atoms with van der Waals surface area (Å²) >= 11 is 0. The molecule has 3 nitrogen and oxygen atoms in total. The third-order valence-electron chi connectivity index (χ3n) is 3.03. The van der Waals surface area contributed by atoms with Crippen LogP contribution in [0, 0.1) is 12.3 Å². The number of rotatable bonds is 7. The van der Waals surface area contributed by atoms with Crippen LogP contribution in [0.4, 0.5) is 0 Å². The minimum Gasteiger partial charge on any atom is -0.481 e. The second-order valence-electron chi connectivity index (χ2n) is 4.69. The van der Waals surface area contributed by atoms with E-state index >= 15 is 0 Å². The monoisotopic (exact) mass is 269 g/mol. The van der Waals surface area contributed by atoms with Gasteiger partial charge in [0.1, 0.15) is 18.1 Å². The Balaban J connectivity index is 1.80. The second-order valence-corrected chi connectivity index (χ2v) is 4.69. The van der Waals surface area contributed by atoms with E-state index < -0.39 is 0 Å². The Labute approximate surface area is 120 Å². The van der Waals surface area contributed by atoms with Crippen molar-refractivity contribution >= 4 is 0 Å². The van der Waals surface area contributed by atoms with Crippen LogP contribution in [-0.2, 0) is 6.54 Å². The van der Waals surface area contributed by atoms with E-state index in [-0.39, 0.29) is 0 Å². The molecule has 1 aromatic carbocycles. The number of furan rings is 1. The lowest BCUT2D eigenvalue weighted by atomic mass is 10.1. The first-order chi connectivity index (χ1) is 9.79. The quantitative estimate of drug-likeness (QED) is 0.784. The van der Waals surface area contributed by atoms with Gasteiger partial charge in [0.15, 0.2) is 0 Å². The van der Waals surface area contributed by atoms with Crippen molar-refractivity contribution in [3.05, 3.63) is 54.0 Å². The van der Waals surface area contributed by atoms with Crippen molar-refractivity contribution < 1.29 is 9.15 Å². The number of hydrogen-bond donors (Lipinski definition) is 1. The molecule has 0 saturated carbocycles. The van der Waals surface area contributed by atoms with Gasteiger partial charge in [-0.05, 0) is 29.8 Å². The van der Waals surface area contributed by atoms with Crippen molar-refractivity contribution in [2.75, 3.05) is 13.2 Å². The molecule has 1 heterocycles. The Bertz CT molecular complexity index is 555. The van der Waals surface area contributed by atoms with Gasteiger partial charge < -0.3 is 14.5 Å². The zero-order chi connectivity index (χ0) is 14.2. The zero-order valence-corrected chi connectivity index (χ0v) is 11.6. The van der Waals surface area contributed by atoms with E-state index in [1.807, 2.05) is 30.3 Å². The van der Waals surface area contributed by atoms with Gasteiger partial charge in [0.2, 0.25) is 0 Å². The predicted octanol–water partition coefficient (Wildman–Crippen LogP) is 3.18. The number of terminal acetylenes is 1. The van der Waals surface area contributed by atoms with E-state index in [1.165, 1.54) is 5.56 Å². The Morgan fingerprint density at radius 3 is 3.00 bits per heavy atom. The summed E-state index contributed by atoms with van der Waals surface area (Å²) in [7, 11) is 0. The van der Waals surface area contributed by atoms with Crippen molar-refractivity contribution in [2.24, 2.45) is 0 Å². The molecule has 2 rings (SSSR count). The Hall–Kier alpha value is -2.18. The average molecular weight is 269 g/mol. The molecule has 0 bridgehead atoms. The fourth-order valence-electron chi connectivity index (χ4n) is 1.98. The normalized spacial score (nSPS) is 11.8. The highest BCUT2D eigenvalue weighted by atomic mass is 16.5. The van der Waals surface area contributed by atoms with E-state index in [2.05, 4.69) is 24.2 Å². The Kier molecular flexibility index (Phi) is 5.28. The Morgan fingerprint density at radius 2 is 2.25 bits per heavy atom. The summed E-state index contributed by atoms with van der Waals surface area (Å²) in [4.78, 5) is 0. The molecule has 1 aromatic heterocycles. The molecule has 0 radical (unpaired) electrons. The van der Waals surface area contributed by atoms with Crippen molar-refractivity contribution in [1.82, 2.24) is 5.32 Å². The van der Waals surface area contributed by atoms with Gasteiger partial charge >= 0.3 is 0 Å². The van der Waals surface area contributed by atoms with Gasteiger partial charge in [-0.1, -0.05) is 25.0 Å². The van der Waals surface area contributed by atoms with Gasteiger partial charge in [0, 0.05) is 19.0 Å². The fourth-order valence-corrected chi connectivity index (χ4v) is 1.98. The minimum absolute atomic E-state index is 0.298. The topological polar surface area (TPSA) is 34.4 Å². The van der Waals surface area contributed by atoms with Gasteiger partial charge in [0.25, 0.3) is 0 Å². The first-order valence-electron chi connectivity index (χ1n) is 6.69. The number of benzene rings is 1. The molecule has 0 amide bonds. The highest BCUT2D eigenvalue weighted by Gasteiger charge is 2.07. The summed E-state index contributed by atoms with van der Waals surface area (Å²) in [5, 5.41) is 3.42. The van der Waals surface area contributed by atoms with Crippen LogP contribution in [0.3, 0.4) is 0 Å². The average Bonchev–Trinajstić information content (AvgIpc) is 3.00. The van der Waals surface area contributed by atoms with Gasteiger partial charge in [-0.25, -0.2) is 0 Å². The van der Waals surface area contributed by atoms with Crippen LogP contribution in [0.15, 0.2) is 47.1 Å². The van der Waals surface area contributed by atoms with E-state index in [9.17, 15) is 0 Å². The third kappa shape index (κ3) is 4.18. The molecule has 1 N–H and O–H groups in total. The maximum absolute atomic E-state index is 5.40. The van der Waals surface area contributed by atoms with Crippen LogP contribution in [0.1, 0.15) is 24.2 Å².